The summed E-state index contributed by atoms with van der Waals surface area (Å²) in [6, 6.07) is 4.96. The van der Waals surface area contributed by atoms with Crippen LogP contribution in [0.5, 0.6) is 0 Å². The molecule has 7 heteroatoms. The number of fused-ring (bicyclic) bond motifs is 1. The fraction of sp³-hybridized carbons (Fsp3) is 0.529. The van der Waals surface area contributed by atoms with Crippen molar-refractivity contribution in [2.24, 2.45) is 0 Å². The summed E-state index contributed by atoms with van der Waals surface area (Å²) < 4.78 is 30.0. The lowest BCUT2D eigenvalue weighted by Gasteiger charge is -2.32. The maximum absolute atomic E-state index is 12.4. The molecule has 5 nitrogen and oxygen atoms in total. The Morgan fingerprint density at radius 3 is 2.67 bits per heavy atom. The number of hydrogen-bond donors (Lipinski definition) is 1. The Hall–Kier alpha value is -2.18. The highest BCUT2D eigenvalue weighted by atomic mass is 19.3. The molecule has 1 heterocycles. The van der Waals surface area contributed by atoms with E-state index < -0.39 is 30.6 Å². The minimum atomic E-state index is -2.60. The highest BCUT2D eigenvalue weighted by molar-refractivity contribution is 5.99. The Morgan fingerprint density at radius 2 is 2.04 bits per heavy atom. The van der Waals surface area contributed by atoms with E-state index in [2.05, 4.69) is 5.32 Å². The highest BCUT2D eigenvalue weighted by Crippen LogP contribution is 2.31. The third-order valence-electron chi connectivity index (χ3n) is 3.53. The van der Waals surface area contributed by atoms with E-state index in [1.54, 1.807) is 39.0 Å². The molecule has 2 rings (SSSR count). The average Bonchev–Trinajstić information content (AvgIpc) is 2.49. The summed E-state index contributed by atoms with van der Waals surface area (Å²) in [7, 11) is 0. The summed E-state index contributed by atoms with van der Waals surface area (Å²) in [5, 5.41) is 2.21. The van der Waals surface area contributed by atoms with E-state index in [1.807, 2.05) is 0 Å². The van der Waals surface area contributed by atoms with E-state index in [0.29, 0.717) is 36.2 Å². The van der Waals surface area contributed by atoms with Crippen LogP contribution in [-0.4, -0.2) is 37.1 Å². The van der Waals surface area contributed by atoms with Crippen LogP contribution >= 0.6 is 0 Å². The van der Waals surface area contributed by atoms with E-state index in [9.17, 15) is 18.4 Å². The van der Waals surface area contributed by atoms with Crippen LogP contribution in [0.15, 0.2) is 18.2 Å². The maximum atomic E-state index is 12.4. The van der Waals surface area contributed by atoms with Crippen LogP contribution in [-0.2, 0) is 11.2 Å². The summed E-state index contributed by atoms with van der Waals surface area (Å²) >= 11 is 0. The second-order valence-electron chi connectivity index (χ2n) is 6.64. The van der Waals surface area contributed by atoms with Crippen molar-refractivity contribution in [2.75, 3.05) is 18.0 Å². The lowest BCUT2D eigenvalue weighted by molar-refractivity contribution is 0.0577. The molecule has 1 aromatic rings. The average molecular weight is 340 g/mol. The third kappa shape index (κ3) is 4.43. The lowest BCUT2D eigenvalue weighted by Crippen LogP contribution is -2.40. The van der Waals surface area contributed by atoms with Gasteiger partial charge in [-0.3, -0.25) is 9.69 Å². The van der Waals surface area contributed by atoms with Crippen LogP contribution in [0.25, 0.3) is 0 Å². The predicted octanol–water partition coefficient (Wildman–Crippen LogP) is 3.37. The molecule has 132 valence electrons. The van der Waals surface area contributed by atoms with Crippen molar-refractivity contribution >= 4 is 17.7 Å². The fourth-order valence-electron chi connectivity index (χ4n) is 2.61. The maximum Gasteiger partial charge on any atom is 0.414 e. The van der Waals surface area contributed by atoms with Crippen LogP contribution in [0.2, 0.25) is 0 Å². The van der Waals surface area contributed by atoms with Crippen molar-refractivity contribution < 1.29 is 23.1 Å². The predicted molar refractivity (Wildman–Crippen MR) is 86.7 cm³/mol. The number of nitrogens with zero attached hydrogens (tertiary/aromatic N) is 1. The minimum absolute atomic E-state index is 0.321. The van der Waals surface area contributed by atoms with Gasteiger partial charge in [0.05, 0.1) is 12.2 Å². The summed E-state index contributed by atoms with van der Waals surface area (Å²) in [6.45, 7) is 5.14. The normalized spacial score (nSPS) is 14.3. The Kier molecular flexibility index (Phi) is 5.41. The molecule has 0 radical (unpaired) electrons. The summed E-state index contributed by atoms with van der Waals surface area (Å²) in [5.41, 5.74) is 0.976. The Bertz CT molecular complexity index is 627. The molecule has 1 N–H and O–H groups in total. The van der Waals surface area contributed by atoms with E-state index in [4.69, 9.17) is 4.74 Å². The summed E-state index contributed by atoms with van der Waals surface area (Å²) in [5.74, 6) is -0.557. The number of ether oxygens (including phenoxy) is 1. The number of carbonyl (C=O) groups is 2. The molecule has 0 spiro atoms. The zero-order valence-electron chi connectivity index (χ0n) is 14.1. The Morgan fingerprint density at radius 1 is 1.33 bits per heavy atom. The van der Waals surface area contributed by atoms with Crippen LogP contribution < -0.4 is 10.2 Å². The molecule has 0 saturated heterocycles. The molecule has 0 saturated carbocycles. The van der Waals surface area contributed by atoms with Gasteiger partial charge in [-0.1, -0.05) is 6.07 Å². The minimum Gasteiger partial charge on any atom is -0.443 e. The number of alkyl halides is 2. The van der Waals surface area contributed by atoms with E-state index >= 15 is 0 Å². The molecular formula is C17H22F2N2O3. The summed E-state index contributed by atoms with van der Waals surface area (Å²) in [4.78, 5) is 26.0. The van der Waals surface area contributed by atoms with Gasteiger partial charge in [-0.05, 0) is 51.3 Å². The molecule has 2 amide bonds. The van der Waals surface area contributed by atoms with Gasteiger partial charge in [-0.15, -0.1) is 0 Å². The van der Waals surface area contributed by atoms with Crippen LogP contribution in [0.3, 0.4) is 0 Å². The molecular weight excluding hydrogens is 318 g/mol. The SMILES string of the molecule is CC(C)(C)OC(=O)N1CCCc2c(C(=O)NCC(F)F)cccc21. The van der Waals surface area contributed by atoms with Gasteiger partial charge in [0.2, 0.25) is 0 Å². The topological polar surface area (TPSA) is 58.6 Å². The van der Waals surface area contributed by atoms with Crippen molar-refractivity contribution in [1.82, 2.24) is 5.32 Å². The number of nitrogens with one attached hydrogen (secondary N) is 1. The van der Waals surface area contributed by atoms with Crippen LogP contribution in [0.1, 0.15) is 43.1 Å². The molecule has 24 heavy (non-hydrogen) atoms. The summed E-state index contributed by atoms with van der Waals surface area (Å²) in [6.07, 6.45) is -1.81. The van der Waals surface area contributed by atoms with Crippen molar-refractivity contribution in [2.45, 2.75) is 45.6 Å². The molecule has 1 aliphatic heterocycles. The molecule has 0 aliphatic carbocycles. The number of benzene rings is 1. The van der Waals surface area contributed by atoms with Crippen LogP contribution in [0.4, 0.5) is 19.3 Å². The van der Waals surface area contributed by atoms with Gasteiger partial charge in [-0.2, -0.15) is 0 Å². The standard InChI is InChI=1S/C17H22F2N2O3/c1-17(2,3)24-16(23)21-9-5-7-11-12(6-4-8-13(11)21)15(22)20-10-14(18)19/h4,6,8,14H,5,7,9-10H2,1-3H3,(H,20,22). The number of rotatable bonds is 3. The highest BCUT2D eigenvalue weighted by Gasteiger charge is 2.29. The smallest absolute Gasteiger partial charge is 0.414 e. The molecule has 1 aliphatic rings. The lowest BCUT2D eigenvalue weighted by atomic mass is 9.96. The van der Waals surface area contributed by atoms with Gasteiger partial charge in [0, 0.05) is 12.1 Å². The number of carbonyl (C=O) groups excluding carboxylic acids is 2. The number of hydrogen-bond acceptors (Lipinski definition) is 3. The van der Waals surface area contributed by atoms with Gasteiger partial charge < -0.3 is 10.1 Å². The van der Waals surface area contributed by atoms with E-state index in [0.717, 1.165) is 0 Å². The Balaban J connectivity index is 2.27. The van der Waals surface area contributed by atoms with Crippen molar-refractivity contribution in [1.29, 1.82) is 0 Å². The molecule has 0 bridgehead atoms. The van der Waals surface area contributed by atoms with Gasteiger partial charge in [0.1, 0.15) is 5.60 Å². The first-order chi connectivity index (χ1) is 11.2. The number of amides is 2. The number of halogens is 2. The molecule has 0 aromatic heterocycles. The van der Waals surface area contributed by atoms with E-state index in [-0.39, 0.29) is 0 Å². The molecule has 0 atom stereocenters. The first kappa shape index (κ1) is 18.2. The van der Waals surface area contributed by atoms with Gasteiger partial charge in [-0.25, -0.2) is 13.6 Å². The second kappa shape index (κ2) is 7.15. The van der Waals surface area contributed by atoms with Gasteiger partial charge in [0.15, 0.2) is 0 Å². The molecule has 0 unspecified atom stereocenters. The van der Waals surface area contributed by atoms with Crippen LogP contribution in [0, 0.1) is 0 Å². The first-order valence-electron chi connectivity index (χ1n) is 7.88. The molecule has 1 aromatic carbocycles. The third-order valence-corrected chi connectivity index (χ3v) is 3.53. The van der Waals surface area contributed by atoms with Gasteiger partial charge >= 0.3 is 6.09 Å². The zero-order valence-corrected chi connectivity index (χ0v) is 14.1. The first-order valence-corrected chi connectivity index (χ1v) is 7.88. The Labute approximate surface area is 140 Å². The number of anilines is 1. The molecule has 0 fully saturated rings. The van der Waals surface area contributed by atoms with Crippen molar-refractivity contribution in [3.63, 3.8) is 0 Å². The largest absolute Gasteiger partial charge is 0.443 e. The van der Waals surface area contributed by atoms with Crippen molar-refractivity contribution in [3.8, 4) is 0 Å². The van der Waals surface area contributed by atoms with Gasteiger partial charge in [0.25, 0.3) is 12.3 Å². The van der Waals surface area contributed by atoms with Crippen molar-refractivity contribution in [3.05, 3.63) is 29.3 Å². The fourth-order valence-corrected chi connectivity index (χ4v) is 2.61. The van der Waals surface area contributed by atoms with E-state index in [1.165, 1.54) is 4.90 Å². The monoisotopic (exact) mass is 340 g/mol. The zero-order chi connectivity index (χ0) is 17.9. The second-order valence-corrected chi connectivity index (χ2v) is 6.64. The quantitative estimate of drug-likeness (QED) is 0.918.